The molecular weight excluding hydrogens is 233 g/mol. The zero-order valence-electron chi connectivity index (χ0n) is 10.1. The van der Waals surface area contributed by atoms with Crippen LogP contribution >= 0.6 is 0 Å². The van der Waals surface area contributed by atoms with E-state index in [-0.39, 0.29) is 11.4 Å². The van der Waals surface area contributed by atoms with E-state index in [4.69, 9.17) is 0 Å². The van der Waals surface area contributed by atoms with Crippen LogP contribution in [0.2, 0.25) is 0 Å². The van der Waals surface area contributed by atoms with E-state index >= 15 is 0 Å². The Morgan fingerprint density at radius 3 is 2.83 bits per heavy atom. The topological polar surface area (TPSA) is 46.9 Å². The average molecular weight is 247 g/mol. The van der Waals surface area contributed by atoms with Crippen molar-refractivity contribution >= 4 is 5.69 Å². The van der Waals surface area contributed by atoms with Crippen LogP contribution in [0, 0.1) is 12.7 Å². The van der Waals surface area contributed by atoms with Gasteiger partial charge in [0.05, 0.1) is 17.9 Å². The minimum absolute atomic E-state index is 0.157. The number of para-hydroxylation sites is 1. The van der Waals surface area contributed by atoms with Crippen molar-refractivity contribution < 1.29 is 4.39 Å². The Morgan fingerprint density at radius 1 is 1.28 bits per heavy atom. The second-order valence-corrected chi connectivity index (χ2v) is 3.94. The molecule has 0 unspecified atom stereocenters. The summed E-state index contributed by atoms with van der Waals surface area (Å²) in [5, 5.41) is 7.03. The highest BCUT2D eigenvalue weighted by Crippen LogP contribution is 2.11. The van der Waals surface area contributed by atoms with Gasteiger partial charge in [-0.25, -0.2) is 9.07 Å². The molecule has 0 amide bonds. The zero-order chi connectivity index (χ0) is 13.0. The van der Waals surface area contributed by atoms with E-state index in [1.54, 1.807) is 24.3 Å². The van der Waals surface area contributed by atoms with Gasteiger partial charge in [0.15, 0.2) is 0 Å². The lowest BCUT2D eigenvalue weighted by Gasteiger charge is -2.08. The molecule has 1 aromatic heterocycles. The fourth-order valence-electron chi connectivity index (χ4n) is 1.61. The second kappa shape index (κ2) is 5.44. The van der Waals surface area contributed by atoms with Gasteiger partial charge >= 0.3 is 0 Å². The third kappa shape index (κ3) is 2.94. The molecule has 0 aliphatic rings. The van der Waals surface area contributed by atoms with Gasteiger partial charge in [-0.1, -0.05) is 12.1 Å². The number of nitrogens with one attached hydrogen (secondary N) is 1. The van der Waals surface area contributed by atoms with E-state index in [9.17, 15) is 9.18 Å². The van der Waals surface area contributed by atoms with Crippen molar-refractivity contribution in [2.45, 2.75) is 13.5 Å². The van der Waals surface area contributed by atoms with E-state index in [1.165, 1.54) is 16.8 Å². The summed E-state index contributed by atoms with van der Waals surface area (Å²) in [5.41, 5.74) is 1.05. The first-order chi connectivity index (χ1) is 8.66. The van der Waals surface area contributed by atoms with Gasteiger partial charge in [0.1, 0.15) is 5.82 Å². The summed E-state index contributed by atoms with van der Waals surface area (Å²) in [6, 6.07) is 9.57. The number of rotatable bonds is 4. The van der Waals surface area contributed by atoms with E-state index in [1.807, 2.05) is 6.92 Å². The lowest BCUT2D eigenvalue weighted by atomic mass is 10.3. The molecule has 0 bridgehead atoms. The van der Waals surface area contributed by atoms with Crippen molar-refractivity contribution in [3.05, 3.63) is 58.3 Å². The molecule has 2 rings (SSSR count). The number of benzene rings is 1. The molecule has 1 aromatic carbocycles. The Bertz CT molecular complexity index is 595. The highest BCUT2D eigenvalue weighted by Gasteiger charge is 2.00. The Labute approximate surface area is 104 Å². The number of hydrogen-bond donors (Lipinski definition) is 1. The van der Waals surface area contributed by atoms with E-state index in [2.05, 4.69) is 10.4 Å². The number of aromatic nitrogens is 2. The lowest BCUT2D eigenvalue weighted by molar-refractivity contribution is 0.585. The fourth-order valence-corrected chi connectivity index (χ4v) is 1.61. The van der Waals surface area contributed by atoms with Crippen LogP contribution in [0.3, 0.4) is 0 Å². The SMILES string of the molecule is Cc1ccc(=O)n(CCNc2ccccc2F)n1. The van der Waals surface area contributed by atoms with Crippen molar-refractivity contribution in [3.8, 4) is 0 Å². The number of anilines is 1. The third-order valence-corrected chi connectivity index (χ3v) is 2.51. The summed E-state index contributed by atoms with van der Waals surface area (Å²) in [4.78, 5) is 11.5. The Balaban J connectivity index is 1.99. The number of aryl methyl sites for hydroxylation is 1. The van der Waals surface area contributed by atoms with Crippen LogP contribution < -0.4 is 10.9 Å². The fraction of sp³-hybridized carbons (Fsp3) is 0.231. The molecule has 94 valence electrons. The van der Waals surface area contributed by atoms with Crippen molar-refractivity contribution in [2.75, 3.05) is 11.9 Å². The van der Waals surface area contributed by atoms with Gasteiger partial charge in [-0.15, -0.1) is 0 Å². The van der Waals surface area contributed by atoms with Crippen LogP contribution in [0.5, 0.6) is 0 Å². The van der Waals surface area contributed by atoms with Gasteiger partial charge in [-0.05, 0) is 25.1 Å². The molecule has 1 N–H and O–H groups in total. The molecule has 4 nitrogen and oxygen atoms in total. The summed E-state index contributed by atoms with van der Waals surface area (Å²) < 4.78 is 14.7. The second-order valence-electron chi connectivity index (χ2n) is 3.94. The molecule has 0 aliphatic carbocycles. The minimum atomic E-state index is -0.304. The first-order valence-corrected chi connectivity index (χ1v) is 5.70. The standard InChI is InChI=1S/C13H14FN3O/c1-10-6-7-13(18)17(16-10)9-8-15-12-5-3-2-4-11(12)14/h2-7,15H,8-9H2,1H3. The minimum Gasteiger partial charge on any atom is -0.381 e. The van der Waals surface area contributed by atoms with Gasteiger partial charge in [-0.2, -0.15) is 5.10 Å². The van der Waals surface area contributed by atoms with Gasteiger partial charge in [0.2, 0.25) is 0 Å². The Hall–Kier alpha value is -2.17. The number of nitrogens with zero attached hydrogens (tertiary/aromatic N) is 2. The Kier molecular flexibility index (Phi) is 3.72. The molecule has 0 saturated heterocycles. The van der Waals surface area contributed by atoms with Crippen LogP contribution in [0.15, 0.2) is 41.2 Å². The van der Waals surface area contributed by atoms with Gasteiger partial charge < -0.3 is 5.32 Å². The molecule has 5 heteroatoms. The molecule has 18 heavy (non-hydrogen) atoms. The van der Waals surface area contributed by atoms with Crippen molar-refractivity contribution in [2.24, 2.45) is 0 Å². The maximum absolute atomic E-state index is 13.3. The number of hydrogen-bond acceptors (Lipinski definition) is 3. The summed E-state index contributed by atoms with van der Waals surface area (Å²) in [7, 11) is 0. The first-order valence-electron chi connectivity index (χ1n) is 5.70. The van der Waals surface area contributed by atoms with E-state index in [0.717, 1.165) is 5.69 Å². The van der Waals surface area contributed by atoms with Crippen LogP contribution in [-0.4, -0.2) is 16.3 Å². The summed E-state index contributed by atoms with van der Waals surface area (Å²) in [6.07, 6.45) is 0. The summed E-state index contributed by atoms with van der Waals surface area (Å²) in [5.74, 6) is -0.304. The molecule has 2 aromatic rings. The molecule has 0 atom stereocenters. The Morgan fingerprint density at radius 2 is 2.06 bits per heavy atom. The maximum Gasteiger partial charge on any atom is 0.266 e. The zero-order valence-corrected chi connectivity index (χ0v) is 10.1. The van der Waals surface area contributed by atoms with Gasteiger partial charge in [0, 0.05) is 12.6 Å². The first kappa shape index (κ1) is 12.3. The predicted molar refractivity (Wildman–Crippen MR) is 68.1 cm³/mol. The van der Waals surface area contributed by atoms with Gasteiger partial charge in [-0.3, -0.25) is 4.79 Å². The van der Waals surface area contributed by atoms with Crippen LogP contribution in [0.1, 0.15) is 5.69 Å². The third-order valence-electron chi connectivity index (χ3n) is 2.51. The van der Waals surface area contributed by atoms with Crippen molar-refractivity contribution in [3.63, 3.8) is 0 Å². The highest BCUT2D eigenvalue weighted by atomic mass is 19.1. The predicted octanol–water partition coefficient (Wildman–Crippen LogP) is 1.80. The lowest BCUT2D eigenvalue weighted by Crippen LogP contribution is -2.26. The maximum atomic E-state index is 13.3. The molecule has 1 heterocycles. The monoisotopic (exact) mass is 247 g/mol. The molecule has 0 saturated carbocycles. The molecule has 0 radical (unpaired) electrons. The smallest absolute Gasteiger partial charge is 0.266 e. The normalized spacial score (nSPS) is 10.3. The van der Waals surface area contributed by atoms with Crippen molar-refractivity contribution in [1.82, 2.24) is 9.78 Å². The molecule has 0 aliphatic heterocycles. The molecule has 0 spiro atoms. The van der Waals surface area contributed by atoms with Crippen LogP contribution in [0.4, 0.5) is 10.1 Å². The average Bonchev–Trinajstić information content (AvgIpc) is 2.36. The summed E-state index contributed by atoms with van der Waals surface area (Å²) in [6.45, 7) is 2.66. The van der Waals surface area contributed by atoms with Crippen molar-refractivity contribution in [1.29, 1.82) is 0 Å². The van der Waals surface area contributed by atoms with Crippen LogP contribution in [-0.2, 0) is 6.54 Å². The highest BCUT2D eigenvalue weighted by molar-refractivity contribution is 5.44. The quantitative estimate of drug-likeness (QED) is 0.896. The molecular formula is C13H14FN3O. The number of halogens is 1. The van der Waals surface area contributed by atoms with E-state index in [0.29, 0.717) is 18.8 Å². The summed E-state index contributed by atoms with van der Waals surface area (Å²) >= 11 is 0. The van der Waals surface area contributed by atoms with Gasteiger partial charge in [0.25, 0.3) is 5.56 Å². The molecule has 0 fully saturated rings. The van der Waals surface area contributed by atoms with Crippen LogP contribution in [0.25, 0.3) is 0 Å². The largest absolute Gasteiger partial charge is 0.381 e. The van der Waals surface area contributed by atoms with E-state index < -0.39 is 0 Å².